The summed E-state index contributed by atoms with van der Waals surface area (Å²) in [6.07, 6.45) is 0.133. The van der Waals surface area contributed by atoms with Crippen molar-refractivity contribution in [3.63, 3.8) is 0 Å². The lowest BCUT2D eigenvalue weighted by molar-refractivity contribution is 0.0764. The van der Waals surface area contributed by atoms with E-state index < -0.39 is 6.10 Å². The van der Waals surface area contributed by atoms with Gasteiger partial charge >= 0.3 is 0 Å². The third kappa shape index (κ3) is 4.17. The van der Waals surface area contributed by atoms with E-state index >= 15 is 0 Å². The van der Waals surface area contributed by atoms with E-state index in [1.807, 2.05) is 54.6 Å². The average Bonchev–Trinajstić information content (AvgIpc) is 3.14. The molecule has 156 valence electrons. The summed E-state index contributed by atoms with van der Waals surface area (Å²) in [4.78, 5) is 21.7. The normalized spacial score (nSPS) is 18.7. The first kappa shape index (κ1) is 20.4. The van der Waals surface area contributed by atoms with Gasteiger partial charge in [-0.05, 0) is 56.7 Å². The van der Waals surface area contributed by atoms with Crippen LogP contribution in [0.3, 0.4) is 0 Å². The standard InChI is InChI=1S/C25H29N3O2/c1-3-27(4-2)22-13-10-19(11-14-22)25(30)28-16-20(24(29)17-28)15-21-12-9-18-7-5-6-8-23(18)26-21/h5-14,20,24,29H,3-4,15-17H2,1-2H3/t20-,24-/m1/s1. The van der Waals surface area contributed by atoms with E-state index in [1.165, 1.54) is 0 Å². The second-order valence-electron chi connectivity index (χ2n) is 7.96. The van der Waals surface area contributed by atoms with Crippen molar-refractivity contribution in [2.45, 2.75) is 26.4 Å². The summed E-state index contributed by atoms with van der Waals surface area (Å²) in [5.41, 5.74) is 3.71. The molecule has 2 heterocycles. The number of nitrogens with zero attached hydrogens (tertiary/aromatic N) is 3. The summed E-state index contributed by atoms with van der Waals surface area (Å²) in [6.45, 7) is 7.04. The van der Waals surface area contributed by atoms with Crippen LogP contribution in [0.15, 0.2) is 60.7 Å². The van der Waals surface area contributed by atoms with Crippen molar-refractivity contribution in [1.82, 2.24) is 9.88 Å². The number of benzene rings is 2. The number of amides is 1. The van der Waals surface area contributed by atoms with Gasteiger partial charge in [0.1, 0.15) is 0 Å². The molecule has 0 radical (unpaired) electrons. The fourth-order valence-corrected chi connectivity index (χ4v) is 4.30. The molecule has 1 fully saturated rings. The summed E-state index contributed by atoms with van der Waals surface area (Å²) in [7, 11) is 0. The van der Waals surface area contributed by atoms with Gasteiger partial charge in [0.05, 0.1) is 11.6 Å². The summed E-state index contributed by atoms with van der Waals surface area (Å²) in [5, 5.41) is 11.7. The van der Waals surface area contributed by atoms with Gasteiger partial charge in [0.15, 0.2) is 0 Å². The van der Waals surface area contributed by atoms with E-state index in [1.54, 1.807) is 4.90 Å². The molecule has 1 N–H and O–H groups in total. The predicted molar refractivity (Wildman–Crippen MR) is 121 cm³/mol. The molecule has 1 aromatic heterocycles. The molecule has 2 atom stereocenters. The molecule has 3 aromatic rings. The minimum Gasteiger partial charge on any atom is -0.391 e. The molecule has 1 aliphatic rings. The van der Waals surface area contributed by atoms with Gasteiger partial charge in [-0.15, -0.1) is 0 Å². The molecule has 0 aliphatic carbocycles. The second kappa shape index (κ2) is 8.84. The monoisotopic (exact) mass is 403 g/mol. The van der Waals surface area contributed by atoms with Crippen molar-refractivity contribution in [3.05, 3.63) is 71.9 Å². The predicted octanol–water partition coefficient (Wildman–Crippen LogP) is 3.76. The van der Waals surface area contributed by atoms with Gasteiger partial charge in [-0.1, -0.05) is 24.3 Å². The van der Waals surface area contributed by atoms with Crippen molar-refractivity contribution in [3.8, 4) is 0 Å². The molecule has 4 rings (SSSR count). The number of rotatable bonds is 6. The lowest BCUT2D eigenvalue weighted by Gasteiger charge is -2.21. The number of aromatic nitrogens is 1. The number of para-hydroxylation sites is 1. The van der Waals surface area contributed by atoms with Crippen LogP contribution in [0.25, 0.3) is 10.9 Å². The summed E-state index contributed by atoms with van der Waals surface area (Å²) < 4.78 is 0. The Hall–Kier alpha value is -2.92. The zero-order valence-corrected chi connectivity index (χ0v) is 17.7. The maximum atomic E-state index is 13.0. The maximum Gasteiger partial charge on any atom is 0.253 e. The first-order valence-electron chi connectivity index (χ1n) is 10.8. The number of carbonyl (C=O) groups excluding carboxylic acids is 1. The van der Waals surface area contributed by atoms with Gasteiger partial charge in [0, 0.05) is 54.4 Å². The lowest BCUT2D eigenvalue weighted by Crippen LogP contribution is -2.29. The Morgan fingerprint density at radius 3 is 2.50 bits per heavy atom. The van der Waals surface area contributed by atoms with E-state index in [4.69, 9.17) is 4.98 Å². The Balaban J connectivity index is 1.43. The summed E-state index contributed by atoms with van der Waals surface area (Å²) >= 11 is 0. The molecule has 0 unspecified atom stereocenters. The highest BCUT2D eigenvalue weighted by molar-refractivity contribution is 5.94. The molecule has 1 saturated heterocycles. The molecule has 1 aliphatic heterocycles. The van der Waals surface area contributed by atoms with Crippen molar-refractivity contribution >= 4 is 22.5 Å². The number of hydrogen-bond acceptors (Lipinski definition) is 4. The van der Waals surface area contributed by atoms with E-state index in [9.17, 15) is 9.90 Å². The first-order chi connectivity index (χ1) is 14.6. The van der Waals surface area contributed by atoms with Crippen LogP contribution in [0.5, 0.6) is 0 Å². The number of fused-ring (bicyclic) bond motifs is 1. The Morgan fingerprint density at radius 1 is 1.03 bits per heavy atom. The molecule has 5 heteroatoms. The van der Waals surface area contributed by atoms with Gasteiger partial charge in [-0.3, -0.25) is 9.78 Å². The van der Waals surface area contributed by atoms with Gasteiger partial charge < -0.3 is 14.9 Å². The molecule has 0 saturated carbocycles. The minimum absolute atomic E-state index is 0.00226. The highest BCUT2D eigenvalue weighted by Gasteiger charge is 2.34. The van der Waals surface area contributed by atoms with E-state index in [-0.39, 0.29) is 11.8 Å². The van der Waals surface area contributed by atoms with Gasteiger partial charge in [-0.2, -0.15) is 0 Å². The van der Waals surface area contributed by atoms with Crippen LogP contribution in [0.4, 0.5) is 5.69 Å². The van der Waals surface area contributed by atoms with Crippen LogP contribution >= 0.6 is 0 Å². The topological polar surface area (TPSA) is 56.7 Å². The van der Waals surface area contributed by atoms with Crippen LogP contribution in [0.1, 0.15) is 29.9 Å². The fraction of sp³-hybridized carbons (Fsp3) is 0.360. The molecule has 0 spiro atoms. The number of aliphatic hydroxyl groups is 1. The van der Waals surface area contributed by atoms with E-state index in [2.05, 4.69) is 24.8 Å². The van der Waals surface area contributed by atoms with Crippen LogP contribution < -0.4 is 4.90 Å². The number of pyridine rings is 1. The van der Waals surface area contributed by atoms with Crippen LogP contribution in [0.2, 0.25) is 0 Å². The number of anilines is 1. The van der Waals surface area contributed by atoms with E-state index in [0.29, 0.717) is 25.1 Å². The van der Waals surface area contributed by atoms with Crippen molar-refractivity contribution in [2.75, 3.05) is 31.1 Å². The third-order valence-electron chi connectivity index (χ3n) is 6.06. The Morgan fingerprint density at radius 2 is 1.77 bits per heavy atom. The average molecular weight is 404 g/mol. The fourth-order valence-electron chi connectivity index (χ4n) is 4.30. The highest BCUT2D eigenvalue weighted by Crippen LogP contribution is 2.24. The van der Waals surface area contributed by atoms with Crippen molar-refractivity contribution in [2.24, 2.45) is 5.92 Å². The molecule has 1 amide bonds. The second-order valence-corrected chi connectivity index (χ2v) is 7.96. The largest absolute Gasteiger partial charge is 0.391 e. The van der Waals surface area contributed by atoms with Gasteiger partial charge in [0.2, 0.25) is 0 Å². The minimum atomic E-state index is -0.530. The number of carbonyl (C=O) groups is 1. The number of aliphatic hydroxyl groups excluding tert-OH is 1. The van der Waals surface area contributed by atoms with Crippen LogP contribution in [0, 0.1) is 5.92 Å². The van der Waals surface area contributed by atoms with Crippen LogP contribution in [-0.2, 0) is 6.42 Å². The Labute approximate surface area is 178 Å². The summed E-state index contributed by atoms with van der Waals surface area (Å²) in [5.74, 6) is -0.0216. The molecule has 2 aromatic carbocycles. The smallest absolute Gasteiger partial charge is 0.253 e. The van der Waals surface area contributed by atoms with Gasteiger partial charge in [0.25, 0.3) is 5.91 Å². The van der Waals surface area contributed by atoms with Crippen molar-refractivity contribution in [1.29, 1.82) is 0 Å². The molecule has 5 nitrogen and oxygen atoms in total. The quantitative estimate of drug-likeness (QED) is 0.681. The highest BCUT2D eigenvalue weighted by atomic mass is 16.3. The van der Waals surface area contributed by atoms with Crippen LogP contribution in [-0.4, -0.2) is 53.2 Å². The lowest BCUT2D eigenvalue weighted by atomic mass is 9.99. The molecular weight excluding hydrogens is 374 g/mol. The number of likely N-dealkylation sites (tertiary alicyclic amines) is 1. The Kier molecular flexibility index (Phi) is 6.00. The SMILES string of the molecule is CCN(CC)c1ccc(C(=O)N2C[C@@H](Cc3ccc4ccccc4n3)[C@H](O)C2)cc1. The number of β-amino-alcohol motifs (C(OH)–C–C–N with tert-alkyl or cyclic N) is 1. The summed E-state index contributed by atoms with van der Waals surface area (Å²) in [6, 6.07) is 19.9. The van der Waals surface area contributed by atoms with E-state index in [0.717, 1.165) is 35.4 Å². The Bertz CT molecular complexity index is 1010. The number of hydrogen-bond donors (Lipinski definition) is 1. The van der Waals surface area contributed by atoms with Gasteiger partial charge in [-0.25, -0.2) is 0 Å². The maximum absolute atomic E-state index is 13.0. The molecule has 30 heavy (non-hydrogen) atoms. The molecule has 0 bridgehead atoms. The zero-order valence-electron chi connectivity index (χ0n) is 17.7. The molecular formula is C25H29N3O2. The zero-order chi connectivity index (χ0) is 21.1. The first-order valence-corrected chi connectivity index (χ1v) is 10.8. The van der Waals surface area contributed by atoms with Crippen molar-refractivity contribution < 1.29 is 9.90 Å². The third-order valence-corrected chi connectivity index (χ3v) is 6.06.